The highest BCUT2D eigenvalue weighted by atomic mass is 16.1. The number of carbonyl (C=O) groups excluding carboxylic acids is 1. The molecule has 0 saturated heterocycles. The Morgan fingerprint density at radius 3 is 2.68 bits per heavy atom. The van der Waals surface area contributed by atoms with Gasteiger partial charge in [-0.05, 0) is 31.0 Å². The molecule has 2 aromatic carbocycles. The van der Waals surface area contributed by atoms with Gasteiger partial charge in [0.05, 0.1) is 23.6 Å². The molecule has 1 aromatic heterocycles. The monoisotopic (exact) mass is 331 g/mol. The molecule has 1 unspecified atom stereocenters. The molecule has 1 heterocycles. The molecule has 0 radical (unpaired) electrons. The van der Waals surface area contributed by atoms with Crippen LogP contribution in [-0.2, 0) is 17.8 Å². The molecule has 3 aromatic rings. The van der Waals surface area contributed by atoms with Crippen LogP contribution in [0.5, 0.6) is 0 Å². The number of terminal acetylenes is 1. The first-order valence-corrected chi connectivity index (χ1v) is 8.41. The smallest absolute Gasteiger partial charge is 0.220 e. The van der Waals surface area contributed by atoms with Crippen molar-refractivity contribution >= 4 is 16.9 Å². The number of amides is 1. The summed E-state index contributed by atoms with van der Waals surface area (Å²) < 4.78 is 1.98. The number of benzene rings is 2. The maximum Gasteiger partial charge on any atom is 0.220 e. The van der Waals surface area contributed by atoms with Gasteiger partial charge in [-0.3, -0.25) is 4.79 Å². The van der Waals surface area contributed by atoms with E-state index in [1.807, 2.05) is 66.1 Å². The van der Waals surface area contributed by atoms with Crippen molar-refractivity contribution in [3.8, 4) is 12.3 Å². The number of carbonyl (C=O) groups is 1. The van der Waals surface area contributed by atoms with Crippen LogP contribution in [0.4, 0.5) is 0 Å². The SMILES string of the molecule is C#CCn1c(C(C)NC(=O)CCc2ccccc2)nc2ccccc21. The van der Waals surface area contributed by atoms with Crippen LogP contribution in [0.2, 0.25) is 0 Å². The number of para-hydroxylation sites is 2. The molecular weight excluding hydrogens is 310 g/mol. The lowest BCUT2D eigenvalue weighted by atomic mass is 10.1. The van der Waals surface area contributed by atoms with E-state index in [1.165, 1.54) is 0 Å². The number of aryl methyl sites for hydroxylation is 1. The Morgan fingerprint density at radius 1 is 1.20 bits per heavy atom. The first-order chi connectivity index (χ1) is 12.2. The van der Waals surface area contributed by atoms with Gasteiger partial charge in [0.25, 0.3) is 0 Å². The maximum absolute atomic E-state index is 12.3. The van der Waals surface area contributed by atoms with E-state index in [-0.39, 0.29) is 11.9 Å². The second kappa shape index (κ2) is 7.67. The zero-order valence-corrected chi connectivity index (χ0v) is 14.3. The van der Waals surface area contributed by atoms with Gasteiger partial charge in [0, 0.05) is 6.42 Å². The van der Waals surface area contributed by atoms with E-state index >= 15 is 0 Å². The first kappa shape index (κ1) is 16.8. The van der Waals surface area contributed by atoms with Crippen LogP contribution in [0.25, 0.3) is 11.0 Å². The lowest BCUT2D eigenvalue weighted by Gasteiger charge is -2.15. The third-order valence-corrected chi connectivity index (χ3v) is 4.18. The summed E-state index contributed by atoms with van der Waals surface area (Å²) in [6.45, 7) is 2.37. The molecule has 0 fully saturated rings. The average Bonchev–Trinajstić information content (AvgIpc) is 3.00. The summed E-state index contributed by atoms with van der Waals surface area (Å²) in [4.78, 5) is 17.0. The fraction of sp³-hybridized carbons (Fsp3) is 0.238. The van der Waals surface area contributed by atoms with Gasteiger partial charge in [0.2, 0.25) is 5.91 Å². The van der Waals surface area contributed by atoms with Crippen LogP contribution in [0.3, 0.4) is 0 Å². The number of hydrogen-bond donors (Lipinski definition) is 1. The molecule has 1 N–H and O–H groups in total. The lowest BCUT2D eigenvalue weighted by Crippen LogP contribution is -2.28. The Bertz CT molecular complexity index is 906. The van der Waals surface area contributed by atoms with Crippen molar-refractivity contribution in [2.24, 2.45) is 0 Å². The van der Waals surface area contributed by atoms with Gasteiger partial charge in [-0.25, -0.2) is 4.98 Å². The van der Waals surface area contributed by atoms with Gasteiger partial charge < -0.3 is 9.88 Å². The summed E-state index contributed by atoms with van der Waals surface area (Å²) in [6.07, 6.45) is 6.68. The highest BCUT2D eigenvalue weighted by Gasteiger charge is 2.17. The molecule has 25 heavy (non-hydrogen) atoms. The fourth-order valence-electron chi connectivity index (χ4n) is 2.96. The van der Waals surface area contributed by atoms with Crippen molar-refractivity contribution in [1.29, 1.82) is 0 Å². The Hall–Kier alpha value is -3.06. The number of nitrogens with one attached hydrogen (secondary N) is 1. The van der Waals surface area contributed by atoms with Gasteiger partial charge >= 0.3 is 0 Å². The molecule has 3 rings (SSSR count). The first-order valence-electron chi connectivity index (χ1n) is 8.41. The van der Waals surface area contributed by atoms with E-state index < -0.39 is 0 Å². The molecule has 0 bridgehead atoms. The van der Waals surface area contributed by atoms with Crippen LogP contribution < -0.4 is 5.32 Å². The summed E-state index contributed by atoms with van der Waals surface area (Å²) in [5, 5.41) is 3.04. The van der Waals surface area contributed by atoms with Gasteiger partial charge in [-0.15, -0.1) is 6.42 Å². The van der Waals surface area contributed by atoms with E-state index in [0.29, 0.717) is 13.0 Å². The zero-order valence-electron chi connectivity index (χ0n) is 14.3. The van der Waals surface area contributed by atoms with Crippen molar-refractivity contribution in [2.45, 2.75) is 32.4 Å². The Morgan fingerprint density at radius 2 is 1.92 bits per heavy atom. The van der Waals surface area contributed by atoms with Gasteiger partial charge in [0.15, 0.2) is 0 Å². The van der Waals surface area contributed by atoms with Crippen LogP contribution in [0.1, 0.15) is 30.8 Å². The number of imidazole rings is 1. The quantitative estimate of drug-likeness (QED) is 0.703. The Labute approximate surface area is 147 Å². The van der Waals surface area contributed by atoms with Crippen molar-refractivity contribution < 1.29 is 4.79 Å². The van der Waals surface area contributed by atoms with E-state index in [4.69, 9.17) is 6.42 Å². The van der Waals surface area contributed by atoms with Crippen molar-refractivity contribution in [3.05, 3.63) is 66.0 Å². The zero-order chi connectivity index (χ0) is 17.6. The summed E-state index contributed by atoms with van der Waals surface area (Å²) in [6, 6.07) is 17.7. The molecule has 0 aliphatic heterocycles. The minimum absolute atomic E-state index is 0.00988. The Kier molecular flexibility index (Phi) is 5.15. The summed E-state index contributed by atoms with van der Waals surface area (Å²) in [5.74, 6) is 3.46. The molecule has 4 heteroatoms. The number of aromatic nitrogens is 2. The third kappa shape index (κ3) is 3.89. The van der Waals surface area contributed by atoms with Crippen LogP contribution in [0.15, 0.2) is 54.6 Å². The van der Waals surface area contributed by atoms with E-state index in [2.05, 4.69) is 16.2 Å². The molecule has 0 spiro atoms. The molecule has 1 amide bonds. The van der Waals surface area contributed by atoms with E-state index in [0.717, 1.165) is 28.8 Å². The summed E-state index contributed by atoms with van der Waals surface area (Å²) >= 11 is 0. The van der Waals surface area contributed by atoms with Gasteiger partial charge in [0.1, 0.15) is 5.82 Å². The topological polar surface area (TPSA) is 46.9 Å². The molecular formula is C21H21N3O. The van der Waals surface area contributed by atoms with Gasteiger partial charge in [-0.1, -0.05) is 48.4 Å². The highest BCUT2D eigenvalue weighted by Crippen LogP contribution is 2.20. The predicted octanol–water partition coefficient (Wildman–Crippen LogP) is 3.48. The second-order valence-electron chi connectivity index (χ2n) is 6.02. The minimum Gasteiger partial charge on any atom is -0.346 e. The molecule has 0 aliphatic rings. The van der Waals surface area contributed by atoms with Gasteiger partial charge in [-0.2, -0.15) is 0 Å². The standard InChI is InChI=1S/C21H21N3O/c1-3-15-24-19-12-8-7-11-18(19)23-21(24)16(2)22-20(25)14-13-17-9-5-4-6-10-17/h1,4-12,16H,13-15H2,2H3,(H,22,25). The number of hydrogen-bond acceptors (Lipinski definition) is 2. The van der Waals surface area contributed by atoms with Crippen molar-refractivity contribution in [2.75, 3.05) is 0 Å². The molecule has 4 nitrogen and oxygen atoms in total. The normalized spacial score (nSPS) is 11.8. The minimum atomic E-state index is -0.205. The molecule has 1 atom stereocenters. The maximum atomic E-state index is 12.3. The average molecular weight is 331 g/mol. The number of fused-ring (bicyclic) bond motifs is 1. The largest absolute Gasteiger partial charge is 0.346 e. The van der Waals surface area contributed by atoms with Crippen LogP contribution in [-0.4, -0.2) is 15.5 Å². The molecule has 0 aliphatic carbocycles. The van der Waals surface area contributed by atoms with Crippen molar-refractivity contribution in [1.82, 2.24) is 14.9 Å². The van der Waals surface area contributed by atoms with E-state index in [9.17, 15) is 4.79 Å². The van der Waals surface area contributed by atoms with Crippen LogP contribution in [0, 0.1) is 12.3 Å². The summed E-state index contributed by atoms with van der Waals surface area (Å²) in [7, 11) is 0. The second-order valence-corrected chi connectivity index (χ2v) is 6.02. The van der Waals surface area contributed by atoms with Crippen molar-refractivity contribution in [3.63, 3.8) is 0 Å². The van der Waals surface area contributed by atoms with E-state index in [1.54, 1.807) is 0 Å². The fourth-order valence-corrected chi connectivity index (χ4v) is 2.96. The highest BCUT2D eigenvalue weighted by molar-refractivity contribution is 5.78. The van der Waals surface area contributed by atoms with Crippen LogP contribution >= 0.6 is 0 Å². The third-order valence-electron chi connectivity index (χ3n) is 4.18. The number of rotatable bonds is 6. The summed E-state index contributed by atoms with van der Waals surface area (Å²) in [5.41, 5.74) is 3.03. The Balaban J connectivity index is 1.71. The lowest BCUT2D eigenvalue weighted by molar-refractivity contribution is -0.121. The predicted molar refractivity (Wildman–Crippen MR) is 99.9 cm³/mol. The number of nitrogens with zero attached hydrogens (tertiary/aromatic N) is 2. The molecule has 0 saturated carbocycles. The molecule has 126 valence electrons.